The molecule has 1 saturated carbocycles. The summed E-state index contributed by atoms with van der Waals surface area (Å²) < 4.78 is 0. The van der Waals surface area contributed by atoms with E-state index in [1.165, 1.54) is 6.07 Å². The lowest BCUT2D eigenvalue weighted by Crippen LogP contribution is -2.33. The fourth-order valence-electron chi connectivity index (χ4n) is 1.66. The molecule has 92 valence electrons. The molecule has 1 aliphatic carbocycles. The number of hydrogen-bond acceptors (Lipinski definition) is 3. The Kier molecular flexibility index (Phi) is 3.54. The highest BCUT2D eigenvalue weighted by atomic mass is 35.5. The van der Waals surface area contributed by atoms with Crippen LogP contribution in [0.25, 0.3) is 0 Å². The van der Waals surface area contributed by atoms with E-state index in [9.17, 15) is 9.90 Å². The van der Waals surface area contributed by atoms with Crippen LogP contribution >= 0.6 is 11.6 Å². The molecule has 4 N–H and O–H groups in total. The maximum atomic E-state index is 11.8. The minimum atomic E-state index is -0.459. The first-order valence-electron chi connectivity index (χ1n) is 5.59. The Morgan fingerprint density at radius 3 is 2.94 bits per heavy atom. The zero-order chi connectivity index (χ0) is 12.4. The zero-order valence-electron chi connectivity index (χ0n) is 9.32. The van der Waals surface area contributed by atoms with Gasteiger partial charge in [-0.2, -0.15) is 0 Å². The van der Waals surface area contributed by atoms with Crippen molar-refractivity contribution in [2.45, 2.75) is 18.9 Å². The highest BCUT2D eigenvalue weighted by molar-refractivity contribution is 6.34. The number of hydrogen-bond donors (Lipinski definition) is 3. The molecule has 0 saturated heterocycles. The molecule has 0 aliphatic heterocycles. The molecule has 4 nitrogen and oxygen atoms in total. The standard InChI is InChI=1S/C12H15ClN2O2/c13-10-4-3-8(14)5-9(10)12(17)15-6-11(16)7-1-2-7/h3-5,7,11,16H,1-2,6,14H2,(H,15,17). The van der Waals surface area contributed by atoms with E-state index in [4.69, 9.17) is 17.3 Å². The largest absolute Gasteiger partial charge is 0.399 e. The van der Waals surface area contributed by atoms with E-state index in [0.29, 0.717) is 22.2 Å². The van der Waals surface area contributed by atoms with Crippen molar-refractivity contribution >= 4 is 23.2 Å². The van der Waals surface area contributed by atoms with Crippen LogP contribution in [0.2, 0.25) is 5.02 Å². The van der Waals surface area contributed by atoms with Crippen molar-refractivity contribution in [3.8, 4) is 0 Å². The first kappa shape index (κ1) is 12.2. The minimum absolute atomic E-state index is 0.259. The van der Waals surface area contributed by atoms with Gasteiger partial charge >= 0.3 is 0 Å². The summed E-state index contributed by atoms with van der Waals surface area (Å²) >= 11 is 5.90. The van der Waals surface area contributed by atoms with Crippen molar-refractivity contribution in [1.29, 1.82) is 0 Å². The first-order valence-corrected chi connectivity index (χ1v) is 5.97. The smallest absolute Gasteiger partial charge is 0.252 e. The van der Waals surface area contributed by atoms with E-state index < -0.39 is 6.10 Å². The second kappa shape index (κ2) is 4.94. The van der Waals surface area contributed by atoms with Crippen molar-refractivity contribution in [3.05, 3.63) is 28.8 Å². The number of amides is 1. The molecular formula is C12H15ClN2O2. The highest BCUT2D eigenvalue weighted by Gasteiger charge is 2.29. The molecule has 1 fully saturated rings. The topological polar surface area (TPSA) is 75.4 Å². The molecule has 0 bridgehead atoms. The van der Waals surface area contributed by atoms with E-state index in [0.717, 1.165) is 12.8 Å². The average Bonchev–Trinajstić information content (AvgIpc) is 3.12. The number of anilines is 1. The molecule has 1 aromatic rings. The fourth-order valence-corrected chi connectivity index (χ4v) is 1.86. The maximum Gasteiger partial charge on any atom is 0.252 e. The molecule has 0 spiro atoms. The Morgan fingerprint density at radius 1 is 1.59 bits per heavy atom. The van der Waals surface area contributed by atoms with Crippen LogP contribution in [0, 0.1) is 5.92 Å². The van der Waals surface area contributed by atoms with Gasteiger partial charge in [0.2, 0.25) is 0 Å². The maximum absolute atomic E-state index is 11.8. The Hall–Kier alpha value is -1.26. The molecule has 5 heteroatoms. The molecule has 0 aromatic heterocycles. The second-order valence-corrected chi connectivity index (χ2v) is 4.76. The molecule has 2 rings (SSSR count). The van der Waals surface area contributed by atoms with E-state index in [-0.39, 0.29) is 12.5 Å². The normalized spacial score (nSPS) is 16.6. The van der Waals surface area contributed by atoms with Crippen LogP contribution in [-0.2, 0) is 0 Å². The number of rotatable bonds is 4. The third-order valence-corrected chi connectivity index (χ3v) is 3.20. The lowest BCUT2D eigenvalue weighted by Gasteiger charge is -2.11. The van der Waals surface area contributed by atoms with Crippen LogP contribution in [0.5, 0.6) is 0 Å². The lowest BCUT2D eigenvalue weighted by molar-refractivity contribution is 0.0901. The Labute approximate surface area is 105 Å². The molecule has 1 unspecified atom stereocenters. The molecule has 1 amide bonds. The Morgan fingerprint density at radius 2 is 2.29 bits per heavy atom. The summed E-state index contributed by atoms with van der Waals surface area (Å²) in [5.41, 5.74) is 6.42. The van der Waals surface area contributed by atoms with Gasteiger partial charge in [-0.1, -0.05) is 11.6 Å². The van der Waals surface area contributed by atoms with Gasteiger partial charge in [-0.25, -0.2) is 0 Å². The van der Waals surface area contributed by atoms with E-state index >= 15 is 0 Å². The van der Waals surface area contributed by atoms with E-state index in [2.05, 4.69) is 5.32 Å². The molecule has 1 atom stereocenters. The van der Waals surface area contributed by atoms with Gasteiger partial charge in [0, 0.05) is 12.2 Å². The molecule has 0 radical (unpaired) electrons. The second-order valence-electron chi connectivity index (χ2n) is 4.35. The number of carbonyl (C=O) groups is 1. The van der Waals surface area contributed by atoms with Crippen LogP contribution in [-0.4, -0.2) is 23.7 Å². The van der Waals surface area contributed by atoms with Gasteiger partial charge in [-0.05, 0) is 37.0 Å². The molecule has 0 heterocycles. The third-order valence-electron chi connectivity index (χ3n) is 2.87. The summed E-state index contributed by atoms with van der Waals surface area (Å²) in [6.07, 6.45) is 1.62. The van der Waals surface area contributed by atoms with Crippen molar-refractivity contribution in [2.75, 3.05) is 12.3 Å². The number of nitrogen functional groups attached to an aromatic ring is 1. The van der Waals surface area contributed by atoms with Crippen molar-refractivity contribution in [2.24, 2.45) is 5.92 Å². The average molecular weight is 255 g/mol. The summed E-state index contributed by atoms with van der Waals surface area (Å²) in [4.78, 5) is 11.8. The van der Waals surface area contributed by atoms with E-state index in [1.54, 1.807) is 12.1 Å². The quantitative estimate of drug-likeness (QED) is 0.712. The Bertz CT molecular complexity index is 433. The lowest BCUT2D eigenvalue weighted by atomic mass is 10.1. The van der Waals surface area contributed by atoms with Gasteiger partial charge in [-0.15, -0.1) is 0 Å². The van der Waals surface area contributed by atoms with Crippen LogP contribution < -0.4 is 11.1 Å². The molecule has 1 aliphatic rings. The van der Waals surface area contributed by atoms with Crippen LogP contribution in [0.4, 0.5) is 5.69 Å². The minimum Gasteiger partial charge on any atom is -0.399 e. The first-order chi connectivity index (χ1) is 8.08. The number of nitrogens with two attached hydrogens (primary N) is 1. The predicted molar refractivity (Wildman–Crippen MR) is 66.9 cm³/mol. The Balaban J connectivity index is 1.96. The van der Waals surface area contributed by atoms with Crippen molar-refractivity contribution < 1.29 is 9.90 Å². The predicted octanol–water partition coefficient (Wildman–Crippen LogP) is 1.42. The zero-order valence-corrected chi connectivity index (χ0v) is 10.1. The van der Waals surface area contributed by atoms with Gasteiger partial charge in [0.15, 0.2) is 0 Å². The van der Waals surface area contributed by atoms with Gasteiger partial charge in [-0.3, -0.25) is 4.79 Å². The van der Waals surface area contributed by atoms with Gasteiger partial charge in [0.05, 0.1) is 16.7 Å². The van der Waals surface area contributed by atoms with Crippen molar-refractivity contribution in [3.63, 3.8) is 0 Å². The summed E-state index contributed by atoms with van der Waals surface area (Å²) in [5, 5.41) is 12.7. The number of aliphatic hydroxyl groups excluding tert-OH is 1. The molecule has 1 aromatic carbocycles. The van der Waals surface area contributed by atoms with Crippen LogP contribution in [0.1, 0.15) is 23.2 Å². The highest BCUT2D eigenvalue weighted by Crippen LogP contribution is 2.32. The SMILES string of the molecule is Nc1ccc(Cl)c(C(=O)NCC(O)C2CC2)c1. The van der Waals surface area contributed by atoms with Gasteiger partial charge < -0.3 is 16.2 Å². The summed E-state index contributed by atoms with van der Waals surface area (Å²) in [5.74, 6) is 0.0358. The molecular weight excluding hydrogens is 240 g/mol. The monoisotopic (exact) mass is 254 g/mol. The summed E-state index contributed by atoms with van der Waals surface area (Å²) in [7, 11) is 0. The fraction of sp³-hybridized carbons (Fsp3) is 0.417. The number of benzene rings is 1. The number of aliphatic hydroxyl groups is 1. The molecule has 17 heavy (non-hydrogen) atoms. The van der Waals surface area contributed by atoms with E-state index in [1.807, 2.05) is 0 Å². The van der Waals surface area contributed by atoms with Crippen LogP contribution in [0.15, 0.2) is 18.2 Å². The van der Waals surface area contributed by atoms with Gasteiger partial charge in [0.1, 0.15) is 0 Å². The number of halogens is 1. The third kappa shape index (κ3) is 3.11. The van der Waals surface area contributed by atoms with Crippen molar-refractivity contribution in [1.82, 2.24) is 5.32 Å². The van der Waals surface area contributed by atoms with Crippen LogP contribution in [0.3, 0.4) is 0 Å². The van der Waals surface area contributed by atoms with Gasteiger partial charge in [0.25, 0.3) is 5.91 Å². The summed E-state index contributed by atoms with van der Waals surface area (Å²) in [6.45, 7) is 0.259. The summed E-state index contributed by atoms with van der Waals surface area (Å²) in [6, 6.07) is 4.75. The number of carbonyl (C=O) groups excluding carboxylic acids is 1. The number of nitrogens with one attached hydrogen (secondary N) is 1.